The maximum absolute atomic E-state index is 12.3. The molecule has 0 radical (unpaired) electrons. The van der Waals surface area contributed by atoms with Crippen molar-refractivity contribution < 1.29 is 24.3 Å². The van der Waals surface area contributed by atoms with Crippen LogP contribution >= 0.6 is 0 Å². The van der Waals surface area contributed by atoms with Gasteiger partial charge in [-0.25, -0.2) is 9.78 Å². The van der Waals surface area contributed by atoms with Crippen molar-refractivity contribution in [1.82, 2.24) is 10.3 Å². The van der Waals surface area contributed by atoms with Crippen LogP contribution in [-0.4, -0.2) is 40.3 Å². The number of benzene rings is 1. The van der Waals surface area contributed by atoms with Gasteiger partial charge in [0.25, 0.3) is 5.91 Å². The molecular weight excluding hydrogens is 400 g/mol. The molecule has 0 saturated heterocycles. The second kappa shape index (κ2) is 10.3. The van der Waals surface area contributed by atoms with Gasteiger partial charge in [0.1, 0.15) is 23.8 Å². The smallest absolute Gasteiger partial charge is 0.354 e. The number of hydrogen-bond acceptors (Lipinski definition) is 6. The number of nitrogens with zero attached hydrogens (tertiary/aromatic N) is 2. The molecule has 1 aromatic heterocycles. The number of carboxylic acids is 1. The molecule has 2 amide bonds. The molecule has 9 heteroatoms. The van der Waals surface area contributed by atoms with Crippen molar-refractivity contribution in [3.8, 4) is 0 Å². The minimum absolute atomic E-state index is 0.00760. The average molecular weight is 426 g/mol. The number of anilines is 1. The molecule has 2 rings (SSSR count). The summed E-state index contributed by atoms with van der Waals surface area (Å²) in [5.74, 6) is -1.62. The maximum Gasteiger partial charge on any atom is 0.354 e. The summed E-state index contributed by atoms with van der Waals surface area (Å²) in [6, 6.07) is 10.9. The Labute approximate surface area is 180 Å². The summed E-state index contributed by atoms with van der Waals surface area (Å²) in [5.41, 5.74) is 0.985. The van der Waals surface area contributed by atoms with E-state index < -0.39 is 11.9 Å². The fourth-order valence-corrected chi connectivity index (χ4v) is 2.36. The maximum atomic E-state index is 12.3. The Bertz CT molecular complexity index is 978. The van der Waals surface area contributed by atoms with Gasteiger partial charge in [-0.3, -0.25) is 9.59 Å². The van der Waals surface area contributed by atoms with Crippen LogP contribution in [0, 0.1) is 5.41 Å². The molecule has 31 heavy (non-hydrogen) atoms. The number of amides is 2. The predicted molar refractivity (Wildman–Crippen MR) is 116 cm³/mol. The second-order valence-electron chi connectivity index (χ2n) is 8.10. The molecule has 1 aromatic carbocycles. The van der Waals surface area contributed by atoms with Crippen LogP contribution in [-0.2, 0) is 16.1 Å². The topological polar surface area (TPSA) is 130 Å². The molecule has 0 fully saturated rings. The van der Waals surface area contributed by atoms with Crippen LogP contribution in [0.4, 0.5) is 5.69 Å². The lowest BCUT2D eigenvalue weighted by molar-refractivity contribution is -0.119. The van der Waals surface area contributed by atoms with Gasteiger partial charge in [0.2, 0.25) is 5.91 Å². The summed E-state index contributed by atoms with van der Waals surface area (Å²) in [6.07, 6.45) is 0.128. The molecule has 0 bridgehead atoms. The lowest BCUT2D eigenvalue weighted by Crippen LogP contribution is -2.30. The molecule has 0 aliphatic heterocycles. The molecule has 9 nitrogen and oxygen atoms in total. The van der Waals surface area contributed by atoms with E-state index in [1.807, 2.05) is 20.8 Å². The molecule has 0 atom stereocenters. The normalized spacial score (nSPS) is 11.5. The molecule has 0 aliphatic rings. The summed E-state index contributed by atoms with van der Waals surface area (Å²) in [5, 5.41) is 18.1. The summed E-state index contributed by atoms with van der Waals surface area (Å²) in [7, 11) is 0. The molecule has 164 valence electrons. The van der Waals surface area contributed by atoms with E-state index >= 15 is 0 Å². The van der Waals surface area contributed by atoms with Crippen LogP contribution in [0.3, 0.4) is 0 Å². The van der Waals surface area contributed by atoms with Gasteiger partial charge in [0.05, 0.1) is 6.42 Å². The fraction of sp³-hybridized carbons (Fsp3) is 0.318. The van der Waals surface area contributed by atoms with E-state index in [9.17, 15) is 14.4 Å². The Morgan fingerprint density at radius 2 is 1.71 bits per heavy atom. The number of nitrogens with one attached hydrogen (secondary N) is 2. The molecular formula is C22H26N4O5. The van der Waals surface area contributed by atoms with Gasteiger partial charge in [0, 0.05) is 5.69 Å². The number of aromatic nitrogens is 1. The lowest BCUT2D eigenvalue weighted by Gasteiger charge is -2.15. The number of carbonyl (C=O) groups is 3. The average Bonchev–Trinajstić information content (AvgIpc) is 2.68. The minimum Gasteiger partial charge on any atom is -0.477 e. The first kappa shape index (κ1) is 23.5. The predicted octanol–water partition coefficient (Wildman–Crippen LogP) is 3.09. The highest BCUT2D eigenvalue weighted by Crippen LogP contribution is 2.13. The number of carboxylic acid groups (broad SMARTS) is 1. The quantitative estimate of drug-likeness (QED) is 0.354. The molecule has 0 saturated carbocycles. The molecule has 0 spiro atoms. The van der Waals surface area contributed by atoms with E-state index in [2.05, 4.69) is 20.8 Å². The number of oxime groups is 1. The first-order valence-corrected chi connectivity index (χ1v) is 9.60. The van der Waals surface area contributed by atoms with E-state index in [4.69, 9.17) is 9.94 Å². The SMILES string of the molecule is C/C(=N\OCC(C)(C)C)NC(=O)Cc1ccc(NC(=O)c2cccc(C(=O)O)n2)cc1. The third-order valence-electron chi connectivity index (χ3n) is 3.80. The Kier molecular flexibility index (Phi) is 7.84. The number of rotatable bonds is 7. The third kappa shape index (κ3) is 8.25. The molecule has 0 unspecified atom stereocenters. The standard InChI is InChI=1S/C22H26N4O5/c1-14(26-31-13-22(2,3)4)23-19(27)12-15-8-10-16(11-9-15)24-20(28)17-6-5-7-18(25-17)21(29)30/h5-11H,12-13H2,1-4H3,(H,24,28)(H,29,30)(H,23,26,27). The number of aromatic carboxylic acids is 1. The van der Waals surface area contributed by atoms with Gasteiger partial charge in [0.15, 0.2) is 0 Å². The summed E-state index contributed by atoms with van der Waals surface area (Å²) in [6.45, 7) is 8.14. The highest BCUT2D eigenvalue weighted by atomic mass is 16.6. The summed E-state index contributed by atoms with van der Waals surface area (Å²) in [4.78, 5) is 44.4. The number of carbonyl (C=O) groups excluding carboxylic acids is 2. The summed E-state index contributed by atoms with van der Waals surface area (Å²) < 4.78 is 0. The van der Waals surface area contributed by atoms with Crippen molar-refractivity contribution in [2.24, 2.45) is 10.6 Å². The van der Waals surface area contributed by atoms with Crippen LogP contribution in [0.2, 0.25) is 0 Å². The molecule has 0 aliphatic carbocycles. The monoisotopic (exact) mass is 426 g/mol. The van der Waals surface area contributed by atoms with E-state index in [1.54, 1.807) is 31.2 Å². The van der Waals surface area contributed by atoms with Crippen LogP contribution in [0.1, 0.15) is 54.2 Å². The Balaban J connectivity index is 1.89. The van der Waals surface area contributed by atoms with Crippen molar-refractivity contribution in [2.45, 2.75) is 34.1 Å². The number of pyridine rings is 1. The van der Waals surface area contributed by atoms with Crippen molar-refractivity contribution in [2.75, 3.05) is 11.9 Å². The van der Waals surface area contributed by atoms with Crippen LogP contribution < -0.4 is 10.6 Å². The van der Waals surface area contributed by atoms with E-state index in [1.165, 1.54) is 18.2 Å². The highest BCUT2D eigenvalue weighted by Gasteiger charge is 2.13. The van der Waals surface area contributed by atoms with Crippen LogP contribution in [0.15, 0.2) is 47.6 Å². The number of hydrogen-bond donors (Lipinski definition) is 3. The fourth-order valence-electron chi connectivity index (χ4n) is 2.36. The first-order valence-electron chi connectivity index (χ1n) is 9.60. The van der Waals surface area contributed by atoms with Crippen LogP contribution in [0.25, 0.3) is 0 Å². The zero-order chi connectivity index (χ0) is 23.0. The van der Waals surface area contributed by atoms with Crippen LogP contribution in [0.5, 0.6) is 0 Å². The Hall–Kier alpha value is -3.75. The molecule has 3 N–H and O–H groups in total. The second-order valence-corrected chi connectivity index (χ2v) is 8.10. The number of amidine groups is 1. The van der Waals surface area contributed by atoms with Gasteiger partial charge >= 0.3 is 5.97 Å². The van der Waals surface area contributed by atoms with Gasteiger partial charge in [-0.05, 0) is 42.2 Å². The van der Waals surface area contributed by atoms with Crippen molar-refractivity contribution in [3.63, 3.8) is 0 Å². The lowest BCUT2D eigenvalue weighted by atomic mass is 9.99. The van der Waals surface area contributed by atoms with Crippen molar-refractivity contribution in [1.29, 1.82) is 0 Å². The Morgan fingerprint density at radius 1 is 1.06 bits per heavy atom. The first-order chi connectivity index (χ1) is 14.5. The van der Waals surface area contributed by atoms with E-state index in [-0.39, 0.29) is 29.1 Å². The van der Waals surface area contributed by atoms with Crippen molar-refractivity contribution in [3.05, 3.63) is 59.4 Å². The minimum atomic E-state index is -1.21. The van der Waals surface area contributed by atoms with Crippen molar-refractivity contribution >= 4 is 29.3 Å². The van der Waals surface area contributed by atoms with Gasteiger partial charge in [-0.2, -0.15) is 0 Å². The third-order valence-corrected chi connectivity index (χ3v) is 3.80. The summed E-state index contributed by atoms with van der Waals surface area (Å²) >= 11 is 0. The zero-order valence-corrected chi connectivity index (χ0v) is 17.9. The Morgan fingerprint density at radius 3 is 2.32 bits per heavy atom. The van der Waals surface area contributed by atoms with E-state index in [0.717, 1.165) is 5.56 Å². The van der Waals surface area contributed by atoms with Gasteiger partial charge < -0.3 is 20.6 Å². The highest BCUT2D eigenvalue weighted by molar-refractivity contribution is 6.03. The van der Waals surface area contributed by atoms with Gasteiger partial charge in [-0.1, -0.05) is 44.1 Å². The molecule has 2 aromatic rings. The zero-order valence-electron chi connectivity index (χ0n) is 17.9. The van der Waals surface area contributed by atoms with Gasteiger partial charge in [-0.15, -0.1) is 0 Å². The van der Waals surface area contributed by atoms with E-state index in [0.29, 0.717) is 18.1 Å². The molecule has 1 heterocycles. The largest absolute Gasteiger partial charge is 0.477 e.